The van der Waals surface area contributed by atoms with Crippen molar-refractivity contribution in [3.63, 3.8) is 0 Å². The van der Waals surface area contributed by atoms with Crippen molar-refractivity contribution in [2.75, 3.05) is 26.8 Å². The molecular weight excluding hydrogens is 440 g/mol. The smallest absolute Gasteiger partial charge is 0.330 e. The van der Waals surface area contributed by atoms with E-state index in [0.29, 0.717) is 6.04 Å². The van der Waals surface area contributed by atoms with E-state index >= 15 is 0 Å². The van der Waals surface area contributed by atoms with Crippen LogP contribution in [0.1, 0.15) is 55.5 Å². The summed E-state index contributed by atoms with van der Waals surface area (Å²) in [6, 6.07) is 11.1. The molecule has 0 fully saturated rings. The highest BCUT2D eigenvalue weighted by atomic mass is 28.4. The maximum atomic E-state index is 11.5. The number of methoxy groups -OCH3 is 1. The van der Waals surface area contributed by atoms with Crippen LogP contribution in [0.3, 0.4) is 0 Å². The number of pyridine rings is 1. The molecule has 0 N–H and O–H groups in total. The third kappa shape index (κ3) is 6.87. The largest absolute Gasteiger partial charge is 0.466 e. The molecule has 6 heteroatoms. The summed E-state index contributed by atoms with van der Waals surface area (Å²) in [5, 5.41) is 0.210. The predicted octanol–water partition coefficient (Wildman–Crippen LogP) is 5.82. The first-order chi connectivity index (χ1) is 16.1. The van der Waals surface area contributed by atoms with Crippen molar-refractivity contribution in [3.05, 3.63) is 71.1 Å². The van der Waals surface area contributed by atoms with E-state index in [0.717, 1.165) is 44.5 Å². The maximum Gasteiger partial charge on any atom is 0.330 e. The lowest BCUT2D eigenvalue weighted by Crippen LogP contribution is -2.43. The first-order valence-corrected chi connectivity index (χ1v) is 15.2. The van der Waals surface area contributed by atoms with E-state index in [-0.39, 0.29) is 11.0 Å². The normalized spacial score (nSPS) is 16.3. The Morgan fingerprint density at radius 1 is 1.24 bits per heavy atom. The Kier molecular flexibility index (Phi) is 8.85. The van der Waals surface area contributed by atoms with Crippen LogP contribution in [0.2, 0.25) is 18.1 Å². The quantitative estimate of drug-likeness (QED) is 0.244. The summed E-state index contributed by atoms with van der Waals surface area (Å²) < 4.78 is 11.3. The minimum Gasteiger partial charge on any atom is -0.466 e. The lowest BCUT2D eigenvalue weighted by Gasteiger charge is -2.37. The van der Waals surface area contributed by atoms with Crippen LogP contribution >= 0.6 is 0 Å². The van der Waals surface area contributed by atoms with Gasteiger partial charge in [-0.2, -0.15) is 0 Å². The lowest BCUT2D eigenvalue weighted by atomic mass is 10.0. The van der Waals surface area contributed by atoms with Crippen LogP contribution in [0, 0.1) is 0 Å². The van der Waals surface area contributed by atoms with Crippen LogP contribution in [0.15, 0.2) is 48.8 Å². The maximum absolute atomic E-state index is 11.5. The van der Waals surface area contributed by atoms with Gasteiger partial charge >= 0.3 is 5.97 Å². The standard InChI is InChI=1S/C28H40N2O3Si/c1-28(2,3)34(5,6)33-19-18-30(17-15-23-8-7-16-29-21-23)26-13-11-24-20-22(9-12-25(24)26)10-14-27(31)32-4/h7-10,12,14,16,20-21,26H,11,13,15,17-19H2,1-6H3/b14-10+. The zero-order valence-corrected chi connectivity index (χ0v) is 22.6. The number of fused-ring (bicyclic) bond motifs is 1. The van der Waals surface area contributed by atoms with Gasteiger partial charge in [-0.05, 0) is 71.8 Å². The number of carbonyl (C=O) groups is 1. The summed E-state index contributed by atoms with van der Waals surface area (Å²) in [5.74, 6) is -0.332. The number of hydrogen-bond donors (Lipinski definition) is 0. The number of carbonyl (C=O) groups excluding carboxylic acids is 1. The Balaban J connectivity index is 1.74. The summed E-state index contributed by atoms with van der Waals surface area (Å²) in [5.41, 5.74) is 5.06. The molecule has 1 atom stereocenters. The van der Waals surface area contributed by atoms with Gasteiger partial charge in [-0.25, -0.2) is 4.79 Å². The Labute approximate surface area is 206 Å². The average Bonchev–Trinajstić information content (AvgIpc) is 3.22. The molecule has 0 aliphatic heterocycles. The van der Waals surface area contributed by atoms with Gasteiger partial charge in [-0.15, -0.1) is 0 Å². The number of aryl methyl sites for hydroxylation is 1. The highest BCUT2D eigenvalue weighted by molar-refractivity contribution is 6.74. The highest BCUT2D eigenvalue weighted by Gasteiger charge is 2.37. The van der Waals surface area contributed by atoms with Crippen LogP contribution in [-0.2, 0) is 26.8 Å². The monoisotopic (exact) mass is 480 g/mol. The van der Waals surface area contributed by atoms with Gasteiger partial charge in [0.1, 0.15) is 0 Å². The van der Waals surface area contributed by atoms with Crippen molar-refractivity contribution in [2.45, 2.75) is 64.2 Å². The molecular formula is C28H40N2O3Si. The second-order valence-electron chi connectivity index (χ2n) is 10.6. The minimum atomic E-state index is -1.78. The molecule has 2 aromatic rings. The van der Waals surface area contributed by atoms with Crippen LogP contribution < -0.4 is 0 Å². The third-order valence-electron chi connectivity index (χ3n) is 7.33. The molecule has 0 spiro atoms. The Bertz CT molecular complexity index is 983. The van der Waals surface area contributed by atoms with E-state index in [1.54, 1.807) is 0 Å². The zero-order chi connectivity index (χ0) is 24.8. The van der Waals surface area contributed by atoms with Crippen molar-refractivity contribution < 1.29 is 14.0 Å². The molecule has 5 nitrogen and oxygen atoms in total. The van der Waals surface area contributed by atoms with E-state index < -0.39 is 8.32 Å². The highest BCUT2D eigenvalue weighted by Crippen LogP contribution is 2.38. The fraction of sp³-hybridized carbons (Fsp3) is 0.500. The molecule has 3 rings (SSSR count). The van der Waals surface area contributed by atoms with Gasteiger partial charge < -0.3 is 9.16 Å². The van der Waals surface area contributed by atoms with E-state index in [1.807, 2.05) is 24.5 Å². The predicted molar refractivity (Wildman–Crippen MR) is 141 cm³/mol. The molecule has 0 saturated carbocycles. The number of rotatable bonds is 10. The molecule has 0 saturated heterocycles. The Morgan fingerprint density at radius 3 is 2.71 bits per heavy atom. The molecule has 1 aromatic heterocycles. The molecule has 0 bridgehead atoms. The first-order valence-electron chi connectivity index (χ1n) is 12.3. The zero-order valence-electron chi connectivity index (χ0n) is 21.6. The number of ether oxygens (including phenoxy) is 1. The van der Waals surface area contributed by atoms with E-state index in [9.17, 15) is 4.79 Å². The number of nitrogens with zero attached hydrogens (tertiary/aromatic N) is 2. The summed E-state index contributed by atoms with van der Waals surface area (Å²) in [6.45, 7) is 14.2. The van der Waals surface area contributed by atoms with Gasteiger partial charge in [0.15, 0.2) is 8.32 Å². The van der Waals surface area contributed by atoms with Crippen LogP contribution in [-0.4, -0.2) is 51.0 Å². The lowest BCUT2D eigenvalue weighted by molar-refractivity contribution is -0.134. The second-order valence-corrected chi connectivity index (χ2v) is 15.4. The summed E-state index contributed by atoms with van der Waals surface area (Å²) in [4.78, 5) is 18.3. The van der Waals surface area contributed by atoms with E-state index in [4.69, 9.17) is 9.16 Å². The molecule has 1 heterocycles. The van der Waals surface area contributed by atoms with Gasteiger partial charge in [0, 0.05) is 44.2 Å². The van der Waals surface area contributed by atoms with Crippen molar-refractivity contribution in [1.82, 2.24) is 9.88 Å². The van der Waals surface area contributed by atoms with Crippen LogP contribution in [0.25, 0.3) is 6.08 Å². The SMILES string of the molecule is COC(=O)/C=C/c1ccc2c(c1)CCC2N(CCO[Si](C)(C)C(C)(C)C)CCc1cccnc1. The summed E-state index contributed by atoms with van der Waals surface area (Å²) >= 11 is 0. The summed E-state index contributed by atoms with van der Waals surface area (Å²) in [7, 11) is -0.383. The fourth-order valence-corrected chi connectivity index (χ4v) is 5.24. The molecule has 0 radical (unpaired) electrons. The Hall–Kier alpha value is -2.28. The van der Waals surface area contributed by atoms with Gasteiger partial charge in [-0.3, -0.25) is 9.88 Å². The Morgan fingerprint density at radius 2 is 2.03 bits per heavy atom. The van der Waals surface area contributed by atoms with E-state index in [2.05, 4.69) is 68.0 Å². The molecule has 0 amide bonds. The van der Waals surface area contributed by atoms with E-state index in [1.165, 1.54) is 29.9 Å². The van der Waals surface area contributed by atoms with Gasteiger partial charge in [0.25, 0.3) is 0 Å². The minimum absolute atomic E-state index is 0.210. The topological polar surface area (TPSA) is 51.7 Å². The van der Waals surface area contributed by atoms with Gasteiger partial charge in [0.05, 0.1) is 7.11 Å². The van der Waals surface area contributed by atoms with Crippen molar-refractivity contribution in [1.29, 1.82) is 0 Å². The van der Waals surface area contributed by atoms with Crippen molar-refractivity contribution in [3.8, 4) is 0 Å². The van der Waals surface area contributed by atoms with Gasteiger partial charge in [-0.1, -0.05) is 45.0 Å². The number of aromatic nitrogens is 1. The van der Waals surface area contributed by atoms with Crippen LogP contribution in [0.5, 0.6) is 0 Å². The van der Waals surface area contributed by atoms with Crippen molar-refractivity contribution >= 4 is 20.4 Å². The molecule has 1 aliphatic rings. The second kappa shape index (κ2) is 11.4. The molecule has 34 heavy (non-hydrogen) atoms. The number of hydrogen-bond acceptors (Lipinski definition) is 5. The first kappa shape index (κ1) is 26.3. The van der Waals surface area contributed by atoms with Crippen LogP contribution in [0.4, 0.5) is 0 Å². The molecule has 1 unspecified atom stereocenters. The fourth-order valence-electron chi connectivity index (χ4n) is 4.21. The van der Waals surface area contributed by atoms with Crippen molar-refractivity contribution in [2.24, 2.45) is 0 Å². The number of esters is 1. The molecule has 1 aromatic carbocycles. The van der Waals surface area contributed by atoms with Gasteiger partial charge in [0.2, 0.25) is 0 Å². The number of benzene rings is 1. The summed E-state index contributed by atoms with van der Waals surface area (Å²) in [6.07, 6.45) is 10.2. The third-order valence-corrected chi connectivity index (χ3v) is 11.9. The molecule has 184 valence electrons. The average molecular weight is 481 g/mol. The molecule has 1 aliphatic carbocycles.